The largest absolute Gasteiger partial charge is 0.354 e. The smallest absolute Gasteiger partial charge is 0.132 e. The van der Waals surface area contributed by atoms with Crippen LogP contribution in [0.5, 0.6) is 0 Å². The van der Waals surface area contributed by atoms with E-state index in [-0.39, 0.29) is 0 Å². The third-order valence-corrected chi connectivity index (χ3v) is 5.93. The molecule has 0 N–H and O–H groups in total. The third-order valence-electron chi connectivity index (χ3n) is 5.93. The van der Waals surface area contributed by atoms with E-state index in [4.69, 9.17) is 0 Å². The molecule has 120 valence electrons. The van der Waals surface area contributed by atoms with Crippen LogP contribution in [-0.2, 0) is 0 Å². The molecule has 0 spiro atoms. The predicted molar refractivity (Wildman–Crippen MR) is 89.3 cm³/mol. The summed E-state index contributed by atoms with van der Waals surface area (Å²) >= 11 is 0. The van der Waals surface area contributed by atoms with E-state index in [1.807, 2.05) is 0 Å². The van der Waals surface area contributed by atoms with Gasteiger partial charge in [0.05, 0.1) is 0 Å². The van der Waals surface area contributed by atoms with Crippen molar-refractivity contribution in [2.45, 2.75) is 63.3 Å². The van der Waals surface area contributed by atoms with E-state index in [1.54, 1.807) is 6.33 Å². The minimum absolute atomic E-state index is 0.699. The summed E-state index contributed by atoms with van der Waals surface area (Å²) < 4.78 is 0. The van der Waals surface area contributed by atoms with Gasteiger partial charge in [0.25, 0.3) is 0 Å². The van der Waals surface area contributed by atoms with Gasteiger partial charge in [0, 0.05) is 49.9 Å². The van der Waals surface area contributed by atoms with Crippen molar-refractivity contribution < 1.29 is 0 Å². The Morgan fingerprint density at radius 3 is 2.27 bits per heavy atom. The molecule has 0 amide bonds. The normalized spacial score (nSPS) is 25.2. The van der Waals surface area contributed by atoms with Gasteiger partial charge in [-0.1, -0.05) is 25.7 Å². The first-order chi connectivity index (χ1) is 10.9. The first-order valence-electron chi connectivity index (χ1n) is 9.21. The van der Waals surface area contributed by atoms with E-state index in [0.717, 1.165) is 24.9 Å². The van der Waals surface area contributed by atoms with E-state index >= 15 is 0 Å². The standard InChI is InChI=1S/C18H28N4/c1-2-7-16(8-3-1)21-9-11-22(12-10-21)18-13-17(19-14-20-18)15-5-4-6-15/h13-16H,1-12H2. The lowest BCUT2D eigenvalue weighted by atomic mass is 9.83. The van der Waals surface area contributed by atoms with Crippen LogP contribution in [-0.4, -0.2) is 47.1 Å². The van der Waals surface area contributed by atoms with Crippen LogP contribution in [0.4, 0.5) is 5.82 Å². The van der Waals surface area contributed by atoms with Crippen LogP contribution in [0.2, 0.25) is 0 Å². The lowest BCUT2D eigenvalue weighted by Gasteiger charge is -2.41. The molecule has 1 aromatic rings. The summed E-state index contributed by atoms with van der Waals surface area (Å²) in [5.74, 6) is 1.85. The highest BCUT2D eigenvalue weighted by atomic mass is 15.3. The summed E-state index contributed by atoms with van der Waals surface area (Å²) in [4.78, 5) is 14.2. The predicted octanol–water partition coefficient (Wildman–Crippen LogP) is 3.20. The number of hydrogen-bond acceptors (Lipinski definition) is 4. The van der Waals surface area contributed by atoms with Crippen molar-refractivity contribution in [1.82, 2.24) is 14.9 Å². The van der Waals surface area contributed by atoms with E-state index in [9.17, 15) is 0 Å². The molecule has 1 aliphatic heterocycles. The van der Waals surface area contributed by atoms with Crippen molar-refractivity contribution in [3.8, 4) is 0 Å². The second-order valence-corrected chi connectivity index (χ2v) is 7.24. The molecular weight excluding hydrogens is 272 g/mol. The van der Waals surface area contributed by atoms with Crippen LogP contribution >= 0.6 is 0 Å². The fraction of sp³-hybridized carbons (Fsp3) is 0.778. The van der Waals surface area contributed by atoms with E-state index in [2.05, 4.69) is 25.8 Å². The molecule has 2 saturated carbocycles. The quantitative estimate of drug-likeness (QED) is 0.858. The van der Waals surface area contributed by atoms with E-state index in [1.165, 1.54) is 70.2 Å². The molecule has 0 aromatic carbocycles. The molecule has 0 radical (unpaired) electrons. The van der Waals surface area contributed by atoms with Crippen molar-refractivity contribution in [1.29, 1.82) is 0 Å². The number of piperazine rings is 1. The number of hydrogen-bond donors (Lipinski definition) is 0. The Labute approximate surface area is 133 Å². The highest BCUT2D eigenvalue weighted by molar-refractivity contribution is 5.40. The zero-order chi connectivity index (χ0) is 14.8. The van der Waals surface area contributed by atoms with Gasteiger partial charge in [-0.15, -0.1) is 0 Å². The van der Waals surface area contributed by atoms with Crippen LogP contribution in [0.1, 0.15) is 63.0 Å². The summed E-state index contributed by atoms with van der Waals surface area (Å²) in [6, 6.07) is 3.10. The third kappa shape index (κ3) is 2.98. The topological polar surface area (TPSA) is 32.3 Å². The van der Waals surface area contributed by atoms with Gasteiger partial charge < -0.3 is 4.90 Å². The van der Waals surface area contributed by atoms with Crippen molar-refractivity contribution >= 4 is 5.82 Å². The Bertz CT molecular complexity index is 486. The van der Waals surface area contributed by atoms with Gasteiger partial charge in [-0.3, -0.25) is 4.90 Å². The summed E-state index contributed by atoms with van der Waals surface area (Å²) in [7, 11) is 0. The number of rotatable bonds is 3. The maximum Gasteiger partial charge on any atom is 0.132 e. The van der Waals surface area contributed by atoms with Crippen molar-refractivity contribution in [3.05, 3.63) is 18.1 Å². The maximum absolute atomic E-state index is 4.54. The van der Waals surface area contributed by atoms with Crippen LogP contribution in [0, 0.1) is 0 Å². The Morgan fingerprint density at radius 2 is 1.59 bits per heavy atom. The van der Waals surface area contributed by atoms with Gasteiger partial charge in [0.2, 0.25) is 0 Å². The first-order valence-corrected chi connectivity index (χ1v) is 9.21. The van der Waals surface area contributed by atoms with Gasteiger partial charge in [-0.25, -0.2) is 9.97 Å². The molecule has 0 bridgehead atoms. The summed E-state index contributed by atoms with van der Waals surface area (Å²) in [5.41, 5.74) is 1.27. The fourth-order valence-corrected chi connectivity index (χ4v) is 4.22. The van der Waals surface area contributed by atoms with Gasteiger partial charge in [-0.05, 0) is 25.7 Å². The van der Waals surface area contributed by atoms with Gasteiger partial charge >= 0.3 is 0 Å². The van der Waals surface area contributed by atoms with Crippen molar-refractivity contribution in [2.24, 2.45) is 0 Å². The number of aromatic nitrogens is 2. The molecule has 4 nitrogen and oxygen atoms in total. The second-order valence-electron chi connectivity index (χ2n) is 7.24. The van der Waals surface area contributed by atoms with Crippen LogP contribution < -0.4 is 4.90 Å². The maximum atomic E-state index is 4.54. The van der Waals surface area contributed by atoms with Crippen molar-refractivity contribution in [2.75, 3.05) is 31.1 Å². The molecule has 2 heterocycles. The van der Waals surface area contributed by atoms with Crippen LogP contribution in [0.15, 0.2) is 12.4 Å². The van der Waals surface area contributed by atoms with E-state index in [0.29, 0.717) is 5.92 Å². The average molecular weight is 300 g/mol. The molecule has 0 unspecified atom stereocenters. The minimum Gasteiger partial charge on any atom is -0.354 e. The monoisotopic (exact) mass is 300 g/mol. The molecule has 22 heavy (non-hydrogen) atoms. The molecular formula is C18H28N4. The van der Waals surface area contributed by atoms with Gasteiger partial charge in [-0.2, -0.15) is 0 Å². The minimum atomic E-state index is 0.699. The Kier molecular flexibility index (Phi) is 4.28. The molecule has 3 fully saturated rings. The molecule has 4 rings (SSSR count). The zero-order valence-corrected chi connectivity index (χ0v) is 13.6. The highest BCUT2D eigenvalue weighted by Gasteiger charge is 2.26. The fourth-order valence-electron chi connectivity index (χ4n) is 4.22. The van der Waals surface area contributed by atoms with Crippen LogP contribution in [0.3, 0.4) is 0 Å². The number of anilines is 1. The Balaban J connectivity index is 1.36. The van der Waals surface area contributed by atoms with E-state index < -0.39 is 0 Å². The Morgan fingerprint density at radius 1 is 0.818 bits per heavy atom. The SMILES string of the molecule is c1nc(C2CCC2)cc(N2CCN(C3CCCCC3)CC2)n1. The van der Waals surface area contributed by atoms with Crippen LogP contribution in [0.25, 0.3) is 0 Å². The summed E-state index contributed by atoms with van der Waals surface area (Å²) in [6.45, 7) is 4.65. The molecule has 4 heteroatoms. The van der Waals surface area contributed by atoms with Gasteiger partial charge in [0.15, 0.2) is 0 Å². The Hall–Kier alpha value is -1.16. The van der Waals surface area contributed by atoms with Gasteiger partial charge in [0.1, 0.15) is 12.1 Å². The molecule has 2 aliphatic carbocycles. The molecule has 0 atom stereocenters. The molecule has 1 aromatic heterocycles. The average Bonchev–Trinajstić information content (AvgIpc) is 2.55. The molecule has 3 aliphatic rings. The highest BCUT2D eigenvalue weighted by Crippen LogP contribution is 2.36. The lowest BCUT2D eigenvalue weighted by molar-refractivity contribution is 0.147. The first kappa shape index (κ1) is 14.4. The number of nitrogens with zero attached hydrogens (tertiary/aromatic N) is 4. The molecule has 1 saturated heterocycles. The zero-order valence-electron chi connectivity index (χ0n) is 13.6. The van der Waals surface area contributed by atoms with Crippen molar-refractivity contribution in [3.63, 3.8) is 0 Å². The lowest BCUT2D eigenvalue weighted by Crippen LogP contribution is -2.51. The summed E-state index contributed by atoms with van der Waals surface area (Å²) in [5, 5.41) is 0. The summed E-state index contributed by atoms with van der Waals surface area (Å²) in [6.07, 6.45) is 12.9. The second kappa shape index (κ2) is 6.53.